The minimum absolute atomic E-state index is 0.127. The zero-order valence-corrected chi connectivity index (χ0v) is 20.5. The number of benzene rings is 2. The Morgan fingerprint density at radius 1 is 0.818 bits per heavy atom. The van der Waals surface area contributed by atoms with Gasteiger partial charge in [-0.2, -0.15) is 0 Å². The SMILES string of the molecule is C=C(c1ccc(CC2CO2)cc1)C1(C(=C)c2ccc(CC3CO3)cc2)CCC(C)C(C)(C)C1. The predicted octanol–water partition coefficient (Wildman–Crippen LogP) is 7.13. The first kappa shape index (κ1) is 22.6. The fourth-order valence-corrected chi connectivity index (χ4v) is 5.73. The van der Waals surface area contributed by atoms with Gasteiger partial charge in [0.05, 0.1) is 25.4 Å². The second-order valence-electron chi connectivity index (χ2n) is 11.4. The molecule has 3 fully saturated rings. The molecule has 3 unspecified atom stereocenters. The number of epoxide rings is 2. The molecule has 2 heteroatoms. The van der Waals surface area contributed by atoms with E-state index in [0.717, 1.165) is 38.9 Å². The molecular weight excluding hydrogens is 404 g/mol. The molecule has 1 aliphatic carbocycles. The summed E-state index contributed by atoms with van der Waals surface area (Å²) in [5.41, 5.74) is 7.71. The fourth-order valence-electron chi connectivity index (χ4n) is 5.73. The Morgan fingerprint density at radius 2 is 1.24 bits per heavy atom. The lowest BCUT2D eigenvalue weighted by Gasteiger charge is -2.51. The zero-order chi connectivity index (χ0) is 23.2. The minimum Gasteiger partial charge on any atom is -0.373 e. The molecule has 2 nitrogen and oxygen atoms in total. The number of ether oxygens (including phenoxy) is 2. The van der Waals surface area contributed by atoms with E-state index in [-0.39, 0.29) is 10.8 Å². The van der Waals surface area contributed by atoms with E-state index >= 15 is 0 Å². The number of hydrogen-bond donors (Lipinski definition) is 0. The van der Waals surface area contributed by atoms with Crippen molar-refractivity contribution in [3.8, 4) is 0 Å². The van der Waals surface area contributed by atoms with Gasteiger partial charge in [0, 0.05) is 18.3 Å². The van der Waals surface area contributed by atoms with Crippen LogP contribution in [0, 0.1) is 16.7 Å². The minimum atomic E-state index is -0.127. The van der Waals surface area contributed by atoms with Gasteiger partial charge in [-0.05, 0) is 64.0 Å². The monoisotopic (exact) mass is 442 g/mol. The lowest BCUT2D eigenvalue weighted by atomic mass is 9.53. The van der Waals surface area contributed by atoms with Gasteiger partial charge >= 0.3 is 0 Å². The molecule has 5 rings (SSSR count). The molecule has 2 aromatic carbocycles. The smallest absolute Gasteiger partial charge is 0.0850 e. The van der Waals surface area contributed by atoms with E-state index in [9.17, 15) is 0 Å². The van der Waals surface area contributed by atoms with Crippen LogP contribution >= 0.6 is 0 Å². The van der Waals surface area contributed by atoms with Crippen LogP contribution in [0.5, 0.6) is 0 Å². The molecule has 0 bridgehead atoms. The van der Waals surface area contributed by atoms with Gasteiger partial charge in [-0.1, -0.05) is 82.5 Å². The molecule has 0 N–H and O–H groups in total. The molecular formula is C31H38O2. The highest BCUT2D eigenvalue weighted by Crippen LogP contribution is 2.60. The van der Waals surface area contributed by atoms with Gasteiger partial charge in [0.25, 0.3) is 0 Å². The van der Waals surface area contributed by atoms with E-state index < -0.39 is 0 Å². The highest BCUT2D eigenvalue weighted by Gasteiger charge is 2.47. The summed E-state index contributed by atoms with van der Waals surface area (Å²) in [5, 5.41) is 0. The lowest BCUT2D eigenvalue weighted by molar-refractivity contribution is 0.102. The second kappa shape index (κ2) is 8.56. The van der Waals surface area contributed by atoms with Crippen molar-refractivity contribution in [2.75, 3.05) is 13.2 Å². The van der Waals surface area contributed by atoms with Gasteiger partial charge in [-0.15, -0.1) is 0 Å². The van der Waals surface area contributed by atoms with Crippen LogP contribution in [0.3, 0.4) is 0 Å². The standard InChI is InChI=1S/C31H38O2/c1-21-14-15-31(20-30(21,4)5,22(2)26-10-6-24(7-11-26)16-28-18-32-28)23(3)27-12-8-25(9-13-27)17-29-19-33-29/h6-13,21,28-29H,2-3,14-20H2,1,4-5H3. The molecule has 2 aliphatic heterocycles. The van der Waals surface area contributed by atoms with E-state index in [0.29, 0.717) is 18.1 Å². The maximum Gasteiger partial charge on any atom is 0.0850 e. The molecule has 2 saturated heterocycles. The third-order valence-electron chi connectivity index (χ3n) is 8.59. The van der Waals surface area contributed by atoms with Crippen LogP contribution in [-0.2, 0) is 22.3 Å². The van der Waals surface area contributed by atoms with Gasteiger partial charge in [0.2, 0.25) is 0 Å². The van der Waals surface area contributed by atoms with Crippen molar-refractivity contribution in [2.45, 2.75) is 65.1 Å². The van der Waals surface area contributed by atoms with Crippen LogP contribution in [0.15, 0.2) is 61.7 Å². The number of allylic oxidation sites excluding steroid dienone is 2. The quantitative estimate of drug-likeness (QED) is 0.406. The Morgan fingerprint density at radius 3 is 1.61 bits per heavy atom. The number of rotatable bonds is 8. The van der Waals surface area contributed by atoms with Gasteiger partial charge in [0.1, 0.15) is 0 Å². The third-order valence-corrected chi connectivity index (χ3v) is 8.59. The Kier molecular flexibility index (Phi) is 5.87. The van der Waals surface area contributed by atoms with Crippen molar-refractivity contribution in [2.24, 2.45) is 16.7 Å². The van der Waals surface area contributed by atoms with Crippen LogP contribution < -0.4 is 0 Å². The summed E-state index contributed by atoms with van der Waals surface area (Å²) in [5.74, 6) is 0.688. The van der Waals surface area contributed by atoms with Crippen molar-refractivity contribution < 1.29 is 9.47 Å². The lowest BCUT2D eigenvalue weighted by Crippen LogP contribution is -2.39. The summed E-state index contributed by atoms with van der Waals surface area (Å²) in [7, 11) is 0. The number of hydrogen-bond acceptors (Lipinski definition) is 2. The van der Waals surface area contributed by atoms with E-state index in [1.165, 1.54) is 39.8 Å². The largest absolute Gasteiger partial charge is 0.373 e. The van der Waals surface area contributed by atoms with E-state index in [1.807, 2.05) is 0 Å². The van der Waals surface area contributed by atoms with Crippen LogP contribution in [0.4, 0.5) is 0 Å². The molecule has 2 heterocycles. The van der Waals surface area contributed by atoms with E-state index in [2.05, 4.69) is 69.3 Å². The van der Waals surface area contributed by atoms with Gasteiger partial charge in [0.15, 0.2) is 0 Å². The van der Waals surface area contributed by atoms with Crippen molar-refractivity contribution in [3.63, 3.8) is 0 Å². The second-order valence-corrected chi connectivity index (χ2v) is 11.4. The first-order valence-electron chi connectivity index (χ1n) is 12.6. The summed E-state index contributed by atoms with van der Waals surface area (Å²) < 4.78 is 10.8. The van der Waals surface area contributed by atoms with Gasteiger partial charge < -0.3 is 9.47 Å². The Labute approximate surface area is 199 Å². The van der Waals surface area contributed by atoms with Crippen molar-refractivity contribution >= 4 is 11.1 Å². The average molecular weight is 443 g/mol. The van der Waals surface area contributed by atoms with Crippen LogP contribution in [0.1, 0.15) is 62.3 Å². The van der Waals surface area contributed by atoms with E-state index in [1.54, 1.807) is 0 Å². The summed E-state index contributed by atoms with van der Waals surface area (Å²) in [6, 6.07) is 18.1. The molecule has 0 aromatic heterocycles. The van der Waals surface area contributed by atoms with Crippen LogP contribution in [-0.4, -0.2) is 25.4 Å². The molecule has 0 radical (unpaired) electrons. The summed E-state index contributed by atoms with van der Waals surface area (Å²) in [4.78, 5) is 0. The van der Waals surface area contributed by atoms with Crippen LogP contribution in [0.2, 0.25) is 0 Å². The van der Waals surface area contributed by atoms with Gasteiger partial charge in [-0.25, -0.2) is 0 Å². The Bertz CT molecular complexity index is 950. The van der Waals surface area contributed by atoms with Crippen molar-refractivity contribution in [1.82, 2.24) is 0 Å². The summed E-state index contributed by atoms with van der Waals surface area (Å²) in [6.45, 7) is 18.5. The Hall–Kier alpha value is -2.16. The van der Waals surface area contributed by atoms with Crippen molar-refractivity contribution in [1.29, 1.82) is 0 Å². The normalized spacial score (nSPS) is 30.0. The average Bonchev–Trinajstić information content (AvgIpc) is 3.73. The third kappa shape index (κ3) is 4.74. The molecule has 0 spiro atoms. The summed E-state index contributed by atoms with van der Waals surface area (Å²) in [6.07, 6.45) is 6.22. The predicted molar refractivity (Wildman–Crippen MR) is 137 cm³/mol. The Balaban J connectivity index is 1.45. The molecule has 1 saturated carbocycles. The van der Waals surface area contributed by atoms with Crippen molar-refractivity contribution in [3.05, 3.63) is 83.9 Å². The first-order chi connectivity index (χ1) is 15.8. The zero-order valence-electron chi connectivity index (χ0n) is 20.5. The van der Waals surface area contributed by atoms with E-state index in [4.69, 9.17) is 22.6 Å². The topological polar surface area (TPSA) is 25.1 Å². The maximum atomic E-state index is 5.41. The highest BCUT2D eigenvalue weighted by molar-refractivity contribution is 5.85. The summed E-state index contributed by atoms with van der Waals surface area (Å²) >= 11 is 0. The molecule has 33 heavy (non-hydrogen) atoms. The fraction of sp³-hybridized carbons (Fsp3) is 0.484. The molecule has 0 amide bonds. The first-order valence-corrected chi connectivity index (χ1v) is 12.6. The molecule has 3 atom stereocenters. The highest BCUT2D eigenvalue weighted by atomic mass is 16.6. The maximum absolute atomic E-state index is 5.41. The molecule has 3 aliphatic rings. The van der Waals surface area contributed by atoms with Crippen LogP contribution in [0.25, 0.3) is 11.1 Å². The molecule has 174 valence electrons. The molecule has 2 aromatic rings. The van der Waals surface area contributed by atoms with Gasteiger partial charge in [-0.3, -0.25) is 0 Å².